The molecule has 0 saturated carbocycles. The van der Waals surface area contributed by atoms with Crippen LogP contribution >= 0.6 is 0 Å². The molecular formula is C22H20N4O4. The number of amides is 1. The number of Topliss-reactive ketones (excluding diaryl/α,β-unsaturated/α-hetero) is 1. The first-order chi connectivity index (χ1) is 14.4. The van der Waals surface area contributed by atoms with Crippen molar-refractivity contribution in [1.82, 2.24) is 14.2 Å². The molecule has 4 aromatic rings. The second-order valence-corrected chi connectivity index (χ2v) is 7.04. The van der Waals surface area contributed by atoms with Crippen LogP contribution in [-0.4, -0.2) is 33.0 Å². The van der Waals surface area contributed by atoms with Crippen molar-refractivity contribution in [3.05, 3.63) is 70.1 Å². The summed E-state index contributed by atoms with van der Waals surface area (Å²) in [5.41, 5.74) is 2.55. The highest BCUT2D eigenvalue weighted by Crippen LogP contribution is 2.23. The topological polar surface area (TPSA) is 94.7 Å². The number of pyridine rings is 1. The number of benzene rings is 2. The van der Waals surface area contributed by atoms with E-state index in [1.54, 1.807) is 43.5 Å². The van der Waals surface area contributed by atoms with E-state index in [9.17, 15) is 14.4 Å². The van der Waals surface area contributed by atoms with Gasteiger partial charge in [0.15, 0.2) is 11.4 Å². The summed E-state index contributed by atoms with van der Waals surface area (Å²) in [6.07, 6.45) is 0. The van der Waals surface area contributed by atoms with Crippen molar-refractivity contribution in [3.63, 3.8) is 0 Å². The van der Waals surface area contributed by atoms with Crippen molar-refractivity contribution >= 4 is 33.9 Å². The zero-order valence-corrected chi connectivity index (χ0v) is 16.8. The molecule has 8 heteroatoms. The maximum atomic E-state index is 13.0. The number of aryl methyl sites for hydroxylation is 1. The minimum absolute atomic E-state index is 0.0957. The monoisotopic (exact) mass is 404 g/mol. The molecule has 1 N–H and O–H groups in total. The Kier molecular flexibility index (Phi) is 4.83. The summed E-state index contributed by atoms with van der Waals surface area (Å²) in [5.74, 6) is 0.181. The lowest BCUT2D eigenvalue weighted by Crippen LogP contribution is -2.28. The Labute approximate surface area is 171 Å². The maximum Gasteiger partial charge on any atom is 0.351 e. The van der Waals surface area contributed by atoms with Crippen LogP contribution in [0.3, 0.4) is 0 Å². The molecule has 0 aliphatic rings. The third kappa shape index (κ3) is 3.43. The molecule has 1 amide bonds. The summed E-state index contributed by atoms with van der Waals surface area (Å²) in [4.78, 5) is 37.0. The molecule has 2 aromatic carbocycles. The first-order valence-corrected chi connectivity index (χ1v) is 9.35. The number of hydrogen-bond donors (Lipinski definition) is 1. The fraction of sp³-hybridized carbons (Fsp3) is 0.182. The molecule has 2 aromatic heterocycles. The van der Waals surface area contributed by atoms with Gasteiger partial charge in [0.25, 0.3) is 0 Å². The van der Waals surface area contributed by atoms with Crippen molar-refractivity contribution in [2.45, 2.75) is 20.4 Å². The summed E-state index contributed by atoms with van der Waals surface area (Å²) < 4.78 is 7.89. The number of carbonyl (C=O) groups is 2. The van der Waals surface area contributed by atoms with Crippen molar-refractivity contribution in [2.75, 3.05) is 12.4 Å². The quantitative estimate of drug-likeness (QED) is 0.516. The molecule has 0 bridgehead atoms. The zero-order chi connectivity index (χ0) is 21.4. The molecule has 152 valence electrons. The van der Waals surface area contributed by atoms with Gasteiger partial charge in [-0.15, -0.1) is 5.10 Å². The van der Waals surface area contributed by atoms with Crippen LogP contribution in [0, 0.1) is 6.92 Å². The highest BCUT2D eigenvalue weighted by molar-refractivity contribution is 5.97. The molecule has 0 saturated heterocycles. The first kappa shape index (κ1) is 19.4. The number of ketones is 1. The van der Waals surface area contributed by atoms with Gasteiger partial charge in [0, 0.05) is 16.6 Å². The Bertz CT molecular complexity index is 1370. The standard InChI is InChI=1S/C22H20N4O4/c1-13-9-16-11-18(30-3)7-8-19(16)26-21(13)24-25(22(26)29)12-20(28)23-17-6-4-5-15(10-17)14(2)27/h4-11H,12H2,1-3H3,(H,23,28). The molecule has 2 heterocycles. The fourth-order valence-corrected chi connectivity index (χ4v) is 3.41. The van der Waals surface area contributed by atoms with Gasteiger partial charge >= 0.3 is 5.69 Å². The number of methoxy groups -OCH3 is 1. The van der Waals surface area contributed by atoms with E-state index in [-0.39, 0.29) is 12.3 Å². The molecule has 0 aliphatic carbocycles. The third-order valence-corrected chi connectivity index (χ3v) is 4.89. The number of carbonyl (C=O) groups excluding carboxylic acids is 2. The van der Waals surface area contributed by atoms with Gasteiger partial charge < -0.3 is 10.1 Å². The third-order valence-electron chi connectivity index (χ3n) is 4.89. The molecule has 0 aliphatic heterocycles. The number of hydrogen-bond acceptors (Lipinski definition) is 5. The van der Waals surface area contributed by atoms with E-state index in [4.69, 9.17) is 4.74 Å². The lowest BCUT2D eigenvalue weighted by Gasteiger charge is -2.06. The van der Waals surface area contributed by atoms with Gasteiger partial charge in [-0.25, -0.2) is 13.9 Å². The molecular weight excluding hydrogens is 384 g/mol. The molecule has 30 heavy (non-hydrogen) atoms. The van der Waals surface area contributed by atoms with Gasteiger partial charge in [0.05, 0.1) is 12.6 Å². The second kappa shape index (κ2) is 7.47. The molecule has 0 spiro atoms. The average molecular weight is 404 g/mol. The molecule has 4 rings (SSSR count). The summed E-state index contributed by atoms with van der Waals surface area (Å²) in [6, 6.07) is 14.0. The van der Waals surface area contributed by atoms with Crippen LogP contribution in [0.2, 0.25) is 0 Å². The van der Waals surface area contributed by atoms with Crippen LogP contribution in [0.4, 0.5) is 5.69 Å². The fourth-order valence-electron chi connectivity index (χ4n) is 3.41. The van der Waals surface area contributed by atoms with Gasteiger partial charge in [0.1, 0.15) is 12.3 Å². The summed E-state index contributed by atoms with van der Waals surface area (Å²) in [5, 5.41) is 7.90. The molecule has 0 unspecified atom stereocenters. The molecule has 0 radical (unpaired) electrons. The van der Waals surface area contributed by atoms with Crippen molar-refractivity contribution in [1.29, 1.82) is 0 Å². The second-order valence-electron chi connectivity index (χ2n) is 7.04. The van der Waals surface area contributed by atoms with Gasteiger partial charge in [-0.05, 0) is 55.8 Å². The van der Waals surface area contributed by atoms with Crippen LogP contribution in [0.1, 0.15) is 22.8 Å². The Balaban J connectivity index is 1.69. The molecule has 8 nitrogen and oxygen atoms in total. The number of aromatic nitrogens is 3. The summed E-state index contributed by atoms with van der Waals surface area (Å²) in [7, 11) is 1.58. The smallest absolute Gasteiger partial charge is 0.351 e. The molecule has 0 atom stereocenters. The van der Waals surface area contributed by atoms with E-state index in [0.29, 0.717) is 28.2 Å². The van der Waals surface area contributed by atoms with E-state index in [1.165, 1.54) is 11.3 Å². The van der Waals surface area contributed by atoms with Crippen LogP contribution in [0.5, 0.6) is 5.75 Å². The Morgan fingerprint density at radius 3 is 2.67 bits per heavy atom. The number of nitrogens with zero attached hydrogens (tertiary/aromatic N) is 3. The van der Waals surface area contributed by atoms with Gasteiger partial charge in [-0.2, -0.15) is 0 Å². The van der Waals surface area contributed by atoms with E-state index in [0.717, 1.165) is 15.6 Å². The number of rotatable bonds is 5. The number of nitrogens with one attached hydrogen (secondary N) is 1. The Morgan fingerprint density at radius 1 is 1.13 bits per heavy atom. The predicted molar refractivity (Wildman–Crippen MR) is 113 cm³/mol. The van der Waals surface area contributed by atoms with Gasteiger partial charge in [-0.3, -0.25) is 9.59 Å². The van der Waals surface area contributed by atoms with Crippen LogP contribution in [0.15, 0.2) is 53.3 Å². The van der Waals surface area contributed by atoms with Gasteiger partial charge in [0.2, 0.25) is 5.91 Å². The highest BCUT2D eigenvalue weighted by atomic mass is 16.5. The summed E-state index contributed by atoms with van der Waals surface area (Å²) in [6.45, 7) is 3.07. The molecule has 0 fully saturated rings. The maximum absolute atomic E-state index is 13.0. The van der Waals surface area contributed by atoms with Crippen molar-refractivity contribution in [3.8, 4) is 5.75 Å². The zero-order valence-electron chi connectivity index (χ0n) is 16.8. The lowest BCUT2D eigenvalue weighted by molar-refractivity contribution is -0.117. The normalized spacial score (nSPS) is 11.0. The highest BCUT2D eigenvalue weighted by Gasteiger charge is 2.15. The van der Waals surface area contributed by atoms with Crippen LogP contribution in [-0.2, 0) is 11.3 Å². The summed E-state index contributed by atoms with van der Waals surface area (Å²) >= 11 is 0. The van der Waals surface area contributed by atoms with Crippen LogP contribution in [0.25, 0.3) is 16.6 Å². The van der Waals surface area contributed by atoms with E-state index in [1.807, 2.05) is 19.1 Å². The number of fused-ring (bicyclic) bond motifs is 3. The minimum atomic E-state index is -0.412. The van der Waals surface area contributed by atoms with E-state index >= 15 is 0 Å². The Morgan fingerprint density at radius 2 is 1.93 bits per heavy atom. The van der Waals surface area contributed by atoms with Gasteiger partial charge in [-0.1, -0.05) is 12.1 Å². The SMILES string of the molecule is COc1ccc2c(c1)cc(C)c1nn(CC(=O)Nc3cccc(C(C)=O)c3)c(=O)n12. The number of anilines is 1. The van der Waals surface area contributed by atoms with E-state index in [2.05, 4.69) is 10.4 Å². The van der Waals surface area contributed by atoms with Crippen LogP contribution < -0.4 is 15.7 Å². The Hall–Kier alpha value is -3.94. The lowest BCUT2D eigenvalue weighted by atomic mass is 10.1. The van der Waals surface area contributed by atoms with Crippen molar-refractivity contribution < 1.29 is 14.3 Å². The minimum Gasteiger partial charge on any atom is -0.497 e. The van der Waals surface area contributed by atoms with E-state index < -0.39 is 11.6 Å². The largest absolute Gasteiger partial charge is 0.497 e. The average Bonchev–Trinajstić information content (AvgIpc) is 3.04. The van der Waals surface area contributed by atoms with Crippen molar-refractivity contribution in [2.24, 2.45) is 0 Å². The predicted octanol–water partition coefficient (Wildman–Crippen LogP) is 2.81. The number of ether oxygens (including phenoxy) is 1. The first-order valence-electron chi connectivity index (χ1n) is 9.35.